The van der Waals surface area contributed by atoms with Crippen molar-refractivity contribution in [3.05, 3.63) is 47.8 Å². The molecule has 2 rings (SSSR count). The molecule has 0 aliphatic carbocycles. The Labute approximate surface area is 132 Å². The maximum atomic E-state index is 12.2. The second-order valence-corrected chi connectivity index (χ2v) is 4.33. The highest BCUT2D eigenvalue weighted by molar-refractivity contribution is 5.93. The molecule has 7 heteroatoms. The van der Waals surface area contributed by atoms with E-state index >= 15 is 0 Å². The number of benzene rings is 1. The number of aromatic nitrogens is 1. The van der Waals surface area contributed by atoms with Gasteiger partial charge in [-0.25, -0.2) is 9.59 Å². The third-order valence-electron chi connectivity index (χ3n) is 2.97. The van der Waals surface area contributed by atoms with Crippen molar-refractivity contribution in [2.75, 3.05) is 21.3 Å². The number of hydrogen-bond acceptors (Lipinski definition) is 7. The van der Waals surface area contributed by atoms with Gasteiger partial charge in [0.25, 0.3) is 0 Å². The van der Waals surface area contributed by atoms with Crippen LogP contribution in [0.1, 0.15) is 20.7 Å². The van der Waals surface area contributed by atoms with Crippen molar-refractivity contribution in [2.24, 2.45) is 0 Å². The normalized spacial score (nSPS) is 9.87. The van der Waals surface area contributed by atoms with Crippen LogP contribution in [-0.4, -0.2) is 38.3 Å². The number of ether oxygens (including phenoxy) is 4. The van der Waals surface area contributed by atoms with E-state index in [0.29, 0.717) is 0 Å². The van der Waals surface area contributed by atoms with Gasteiger partial charge in [0.05, 0.1) is 32.5 Å². The maximum absolute atomic E-state index is 12.2. The first kappa shape index (κ1) is 16.3. The Morgan fingerprint density at radius 2 is 1.61 bits per heavy atom. The van der Waals surface area contributed by atoms with Crippen LogP contribution >= 0.6 is 0 Å². The van der Waals surface area contributed by atoms with E-state index in [4.69, 9.17) is 14.2 Å². The molecule has 0 aliphatic rings. The van der Waals surface area contributed by atoms with Gasteiger partial charge in [0, 0.05) is 12.4 Å². The van der Waals surface area contributed by atoms with Crippen molar-refractivity contribution in [1.29, 1.82) is 0 Å². The third-order valence-corrected chi connectivity index (χ3v) is 2.97. The molecular weight excluding hydrogens is 302 g/mol. The standard InChI is InChI=1S/C16H15NO6/c1-20-12-7-11(15(18)22-3)8-13(21-2)14(12)23-16(19)10-5-4-6-17-9-10/h4-9H,1-3H3. The average Bonchev–Trinajstić information content (AvgIpc) is 2.61. The summed E-state index contributed by atoms with van der Waals surface area (Å²) in [6, 6.07) is 5.99. The minimum absolute atomic E-state index is 0.0662. The SMILES string of the molecule is COC(=O)c1cc(OC)c(OC(=O)c2cccnc2)c(OC)c1. The van der Waals surface area contributed by atoms with Gasteiger partial charge in [-0.05, 0) is 24.3 Å². The quantitative estimate of drug-likeness (QED) is 0.616. The number of pyridine rings is 1. The predicted octanol–water partition coefficient (Wildman–Crippen LogP) is 2.10. The minimum Gasteiger partial charge on any atom is -0.493 e. The molecule has 1 aromatic heterocycles. The molecule has 1 aromatic carbocycles. The molecule has 0 bridgehead atoms. The molecule has 7 nitrogen and oxygen atoms in total. The molecule has 120 valence electrons. The second kappa shape index (κ2) is 7.26. The van der Waals surface area contributed by atoms with Crippen molar-refractivity contribution >= 4 is 11.9 Å². The van der Waals surface area contributed by atoms with Crippen LogP contribution in [0.5, 0.6) is 17.2 Å². The number of carbonyl (C=O) groups excluding carboxylic acids is 2. The van der Waals surface area contributed by atoms with Gasteiger partial charge in [-0.2, -0.15) is 0 Å². The van der Waals surface area contributed by atoms with E-state index in [1.54, 1.807) is 18.3 Å². The smallest absolute Gasteiger partial charge is 0.345 e. The molecule has 0 spiro atoms. The zero-order chi connectivity index (χ0) is 16.8. The summed E-state index contributed by atoms with van der Waals surface area (Å²) < 4.78 is 20.3. The van der Waals surface area contributed by atoms with E-state index in [9.17, 15) is 9.59 Å². The molecule has 23 heavy (non-hydrogen) atoms. The Kier molecular flexibility index (Phi) is 5.14. The Morgan fingerprint density at radius 1 is 0.957 bits per heavy atom. The lowest BCUT2D eigenvalue weighted by molar-refractivity contribution is 0.0600. The van der Waals surface area contributed by atoms with Crippen molar-refractivity contribution in [2.45, 2.75) is 0 Å². The van der Waals surface area contributed by atoms with Gasteiger partial charge in [-0.3, -0.25) is 4.98 Å². The fourth-order valence-electron chi connectivity index (χ4n) is 1.85. The molecule has 0 radical (unpaired) electrons. The first-order chi connectivity index (χ1) is 11.1. The van der Waals surface area contributed by atoms with Crippen LogP contribution < -0.4 is 14.2 Å². The predicted molar refractivity (Wildman–Crippen MR) is 80.1 cm³/mol. The van der Waals surface area contributed by atoms with Gasteiger partial charge in [0.2, 0.25) is 5.75 Å². The Balaban J connectivity index is 2.41. The molecule has 1 heterocycles. The summed E-state index contributed by atoms with van der Waals surface area (Å²) >= 11 is 0. The summed E-state index contributed by atoms with van der Waals surface area (Å²) in [7, 11) is 4.03. The van der Waals surface area contributed by atoms with Crippen molar-refractivity contribution < 1.29 is 28.5 Å². The van der Waals surface area contributed by atoms with Crippen LogP contribution in [-0.2, 0) is 4.74 Å². The van der Waals surface area contributed by atoms with E-state index in [0.717, 1.165) is 0 Å². The van der Waals surface area contributed by atoms with Crippen molar-refractivity contribution in [1.82, 2.24) is 4.98 Å². The summed E-state index contributed by atoms with van der Waals surface area (Å²) in [5.74, 6) is -0.784. The molecule has 0 fully saturated rings. The highest BCUT2D eigenvalue weighted by Crippen LogP contribution is 2.39. The molecule has 2 aromatic rings. The Bertz CT molecular complexity index is 689. The number of esters is 2. The molecule has 0 amide bonds. The molecule has 0 aliphatic heterocycles. The monoisotopic (exact) mass is 317 g/mol. The Hall–Kier alpha value is -3.09. The molecule has 0 unspecified atom stereocenters. The second-order valence-electron chi connectivity index (χ2n) is 4.33. The van der Waals surface area contributed by atoms with Gasteiger partial charge >= 0.3 is 11.9 Å². The van der Waals surface area contributed by atoms with Gasteiger partial charge in [0.15, 0.2) is 11.5 Å². The van der Waals surface area contributed by atoms with Gasteiger partial charge in [0.1, 0.15) is 0 Å². The zero-order valence-corrected chi connectivity index (χ0v) is 12.9. The van der Waals surface area contributed by atoms with E-state index < -0.39 is 11.9 Å². The zero-order valence-electron chi connectivity index (χ0n) is 12.9. The van der Waals surface area contributed by atoms with E-state index in [-0.39, 0.29) is 28.4 Å². The molecular formula is C16H15NO6. The first-order valence-corrected chi connectivity index (χ1v) is 6.57. The van der Waals surface area contributed by atoms with Crippen LogP contribution in [0.15, 0.2) is 36.7 Å². The summed E-state index contributed by atoms with van der Waals surface area (Å²) in [6.45, 7) is 0. The van der Waals surface area contributed by atoms with E-state index in [1.807, 2.05) is 0 Å². The molecule has 0 saturated carbocycles. The van der Waals surface area contributed by atoms with Gasteiger partial charge in [-0.1, -0.05) is 0 Å². The van der Waals surface area contributed by atoms with Gasteiger partial charge < -0.3 is 18.9 Å². The van der Waals surface area contributed by atoms with Crippen LogP contribution in [0.25, 0.3) is 0 Å². The molecule has 0 N–H and O–H groups in total. The first-order valence-electron chi connectivity index (χ1n) is 6.57. The lowest BCUT2D eigenvalue weighted by Gasteiger charge is -2.14. The highest BCUT2D eigenvalue weighted by Gasteiger charge is 2.21. The van der Waals surface area contributed by atoms with Gasteiger partial charge in [-0.15, -0.1) is 0 Å². The minimum atomic E-state index is -0.625. The Morgan fingerprint density at radius 3 is 2.09 bits per heavy atom. The highest BCUT2D eigenvalue weighted by atomic mass is 16.6. The lowest BCUT2D eigenvalue weighted by Crippen LogP contribution is -2.11. The number of rotatable bonds is 5. The average molecular weight is 317 g/mol. The number of carbonyl (C=O) groups is 2. The summed E-state index contributed by atoms with van der Waals surface area (Å²) in [6.07, 6.45) is 2.92. The largest absolute Gasteiger partial charge is 0.493 e. The van der Waals surface area contributed by atoms with E-state index in [2.05, 4.69) is 9.72 Å². The number of hydrogen-bond donors (Lipinski definition) is 0. The summed E-state index contributed by atoms with van der Waals surface area (Å²) in [5.41, 5.74) is 0.482. The van der Waals surface area contributed by atoms with Crippen LogP contribution in [0.4, 0.5) is 0 Å². The lowest BCUT2D eigenvalue weighted by atomic mass is 10.2. The summed E-state index contributed by atoms with van der Waals surface area (Å²) in [5, 5.41) is 0. The third kappa shape index (κ3) is 3.57. The maximum Gasteiger partial charge on any atom is 0.345 e. The fourth-order valence-corrected chi connectivity index (χ4v) is 1.85. The molecule has 0 saturated heterocycles. The van der Waals surface area contributed by atoms with E-state index in [1.165, 1.54) is 39.7 Å². The number of nitrogens with zero attached hydrogens (tertiary/aromatic N) is 1. The van der Waals surface area contributed by atoms with Crippen molar-refractivity contribution in [3.8, 4) is 17.2 Å². The summed E-state index contributed by atoms with van der Waals surface area (Å²) in [4.78, 5) is 27.7. The number of methoxy groups -OCH3 is 3. The molecule has 0 atom stereocenters. The fraction of sp³-hybridized carbons (Fsp3) is 0.188. The topological polar surface area (TPSA) is 84.0 Å². The van der Waals surface area contributed by atoms with Crippen LogP contribution in [0.3, 0.4) is 0 Å². The van der Waals surface area contributed by atoms with Crippen LogP contribution in [0, 0.1) is 0 Å². The van der Waals surface area contributed by atoms with Crippen LogP contribution in [0.2, 0.25) is 0 Å². The van der Waals surface area contributed by atoms with Crippen molar-refractivity contribution in [3.63, 3.8) is 0 Å².